The van der Waals surface area contributed by atoms with E-state index in [4.69, 9.17) is 4.74 Å². The maximum Gasteiger partial charge on any atom is 0.321 e. The Balaban J connectivity index is 1.84. The highest BCUT2D eigenvalue weighted by atomic mass is 32.2. The molecule has 0 aliphatic heterocycles. The van der Waals surface area contributed by atoms with Crippen molar-refractivity contribution < 1.29 is 22.7 Å². The van der Waals surface area contributed by atoms with Gasteiger partial charge in [0.25, 0.3) is 0 Å². The number of ether oxygens (including phenoxy) is 1. The molecule has 23 heavy (non-hydrogen) atoms. The Morgan fingerprint density at radius 1 is 1.17 bits per heavy atom. The zero-order chi connectivity index (χ0) is 16.9. The first kappa shape index (κ1) is 16.9. The molecule has 1 heterocycles. The lowest BCUT2D eigenvalue weighted by atomic mass is 10.2. The molecule has 122 valence electrons. The topological polar surface area (TPSA) is 105 Å². The number of carbonyl (C=O) groups excluding carboxylic acids is 2. The van der Waals surface area contributed by atoms with E-state index in [1.54, 1.807) is 30.5 Å². The van der Waals surface area contributed by atoms with E-state index in [0.29, 0.717) is 5.69 Å². The van der Waals surface area contributed by atoms with Gasteiger partial charge in [0.2, 0.25) is 15.8 Å². The number of aromatic nitrogens is 1. The molecular weight excluding hydrogens is 320 g/mol. The van der Waals surface area contributed by atoms with E-state index in [-0.39, 0.29) is 4.90 Å². The summed E-state index contributed by atoms with van der Waals surface area (Å²) in [5, 5.41) is 0. The Labute approximate surface area is 133 Å². The second-order valence-electron chi connectivity index (χ2n) is 4.81. The van der Waals surface area contributed by atoms with E-state index < -0.39 is 34.9 Å². The molecule has 8 heteroatoms. The molecule has 0 aliphatic rings. The number of hydrogen-bond donors (Lipinski definition) is 2. The third-order valence-corrected chi connectivity index (χ3v) is 4.42. The first-order chi connectivity index (χ1) is 10.9. The largest absolute Gasteiger partial charge is 0.456 e. The average Bonchev–Trinajstić information content (AvgIpc) is 3.05. The van der Waals surface area contributed by atoms with Crippen LogP contribution >= 0.6 is 0 Å². The number of benzene rings is 1. The van der Waals surface area contributed by atoms with Gasteiger partial charge in [0.1, 0.15) is 6.54 Å². The van der Waals surface area contributed by atoms with Crippen LogP contribution in [0.1, 0.15) is 16.1 Å². The van der Waals surface area contributed by atoms with E-state index in [9.17, 15) is 18.0 Å². The number of carbonyl (C=O) groups is 2. The summed E-state index contributed by atoms with van der Waals surface area (Å²) < 4.78 is 30.8. The molecule has 0 amide bonds. The molecule has 0 atom stereocenters. The van der Waals surface area contributed by atoms with Gasteiger partial charge < -0.3 is 9.72 Å². The van der Waals surface area contributed by atoms with Crippen molar-refractivity contribution in [3.05, 3.63) is 53.9 Å². The number of H-pyrrole nitrogens is 1. The number of ketones is 1. The zero-order valence-electron chi connectivity index (χ0n) is 12.4. The van der Waals surface area contributed by atoms with Crippen LogP contribution in [0, 0.1) is 6.92 Å². The third-order valence-electron chi connectivity index (χ3n) is 3.00. The summed E-state index contributed by atoms with van der Waals surface area (Å²) in [6.45, 7) is 0.836. The fourth-order valence-corrected chi connectivity index (χ4v) is 2.70. The first-order valence-electron chi connectivity index (χ1n) is 6.77. The number of rotatable bonds is 7. The van der Waals surface area contributed by atoms with Crippen molar-refractivity contribution in [1.82, 2.24) is 9.71 Å². The van der Waals surface area contributed by atoms with E-state index in [0.717, 1.165) is 5.56 Å². The summed E-state index contributed by atoms with van der Waals surface area (Å²) in [5.41, 5.74) is 1.24. The molecular formula is C15H16N2O5S. The highest BCUT2D eigenvalue weighted by molar-refractivity contribution is 7.89. The molecule has 0 radical (unpaired) electrons. The number of aryl methyl sites for hydroxylation is 1. The van der Waals surface area contributed by atoms with E-state index in [2.05, 4.69) is 9.71 Å². The van der Waals surface area contributed by atoms with Crippen molar-refractivity contribution in [2.24, 2.45) is 0 Å². The number of Topliss-reactive ketones (excluding diaryl/α,β-unsaturated/α-hetero) is 1. The Kier molecular flexibility index (Phi) is 5.30. The monoisotopic (exact) mass is 336 g/mol. The lowest BCUT2D eigenvalue weighted by molar-refractivity contribution is -0.141. The molecule has 1 aromatic carbocycles. The predicted molar refractivity (Wildman–Crippen MR) is 82.4 cm³/mol. The molecule has 0 unspecified atom stereocenters. The van der Waals surface area contributed by atoms with E-state index >= 15 is 0 Å². The van der Waals surface area contributed by atoms with Crippen LogP contribution < -0.4 is 4.72 Å². The second-order valence-corrected chi connectivity index (χ2v) is 6.57. The lowest BCUT2D eigenvalue weighted by Gasteiger charge is -2.07. The smallest absolute Gasteiger partial charge is 0.321 e. The summed E-state index contributed by atoms with van der Waals surface area (Å²) in [4.78, 5) is 25.9. The van der Waals surface area contributed by atoms with Crippen LogP contribution in [-0.4, -0.2) is 38.3 Å². The van der Waals surface area contributed by atoms with Gasteiger partial charge in [-0.1, -0.05) is 17.7 Å². The van der Waals surface area contributed by atoms with Gasteiger partial charge in [-0.25, -0.2) is 8.42 Å². The van der Waals surface area contributed by atoms with Crippen molar-refractivity contribution in [2.45, 2.75) is 11.8 Å². The first-order valence-corrected chi connectivity index (χ1v) is 8.25. The third kappa shape index (κ3) is 4.76. The Morgan fingerprint density at radius 3 is 2.48 bits per heavy atom. The molecule has 0 saturated carbocycles. The SMILES string of the molecule is Cc1ccc(S(=O)(=O)NCC(=O)OCC(=O)c2ccc[nH]2)cc1. The molecule has 7 nitrogen and oxygen atoms in total. The zero-order valence-corrected chi connectivity index (χ0v) is 13.2. The molecule has 2 aromatic rings. The maximum atomic E-state index is 12.0. The quantitative estimate of drug-likeness (QED) is 0.580. The molecule has 0 bridgehead atoms. The van der Waals surface area contributed by atoms with Crippen LogP contribution in [0.2, 0.25) is 0 Å². The molecule has 0 fully saturated rings. The minimum Gasteiger partial charge on any atom is -0.456 e. The van der Waals surface area contributed by atoms with Crippen molar-refractivity contribution in [3.8, 4) is 0 Å². The van der Waals surface area contributed by atoms with Crippen molar-refractivity contribution in [1.29, 1.82) is 0 Å². The number of nitrogens with one attached hydrogen (secondary N) is 2. The van der Waals surface area contributed by atoms with Gasteiger partial charge in [-0.15, -0.1) is 0 Å². The lowest BCUT2D eigenvalue weighted by Crippen LogP contribution is -2.31. The van der Waals surface area contributed by atoms with Crippen molar-refractivity contribution >= 4 is 21.8 Å². The standard InChI is InChI=1S/C15H16N2O5S/c1-11-4-6-12(7-5-11)23(20,21)17-9-15(19)22-10-14(18)13-3-2-8-16-13/h2-8,16-17H,9-10H2,1H3. The van der Waals surface area contributed by atoms with Gasteiger partial charge in [0.15, 0.2) is 6.61 Å². The van der Waals surface area contributed by atoms with Crippen molar-refractivity contribution in [2.75, 3.05) is 13.2 Å². The summed E-state index contributed by atoms with van der Waals surface area (Å²) in [5.74, 6) is -1.23. The van der Waals surface area contributed by atoms with Crippen LogP contribution in [0.15, 0.2) is 47.5 Å². The van der Waals surface area contributed by atoms with Gasteiger partial charge in [0, 0.05) is 6.20 Å². The van der Waals surface area contributed by atoms with E-state index in [1.807, 2.05) is 6.92 Å². The molecule has 1 aromatic heterocycles. The molecule has 0 saturated heterocycles. The Bertz CT molecular complexity index is 780. The number of sulfonamides is 1. The molecule has 0 aliphatic carbocycles. The molecule has 2 rings (SSSR count). The number of hydrogen-bond acceptors (Lipinski definition) is 5. The minimum atomic E-state index is -3.80. The van der Waals surface area contributed by atoms with Crippen LogP contribution in [0.3, 0.4) is 0 Å². The van der Waals surface area contributed by atoms with Crippen LogP contribution in [-0.2, 0) is 19.6 Å². The van der Waals surface area contributed by atoms with Crippen LogP contribution in [0.5, 0.6) is 0 Å². The second kappa shape index (κ2) is 7.21. The van der Waals surface area contributed by atoms with Crippen LogP contribution in [0.25, 0.3) is 0 Å². The fourth-order valence-electron chi connectivity index (χ4n) is 1.73. The normalized spacial score (nSPS) is 11.2. The van der Waals surface area contributed by atoms with Gasteiger partial charge in [-0.05, 0) is 31.2 Å². The van der Waals surface area contributed by atoms with Gasteiger partial charge in [-0.2, -0.15) is 4.72 Å². The molecule has 2 N–H and O–H groups in total. The van der Waals surface area contributed by atoms with Gasteiger partial charge >= 0.3 is 5.97 Å². The molecule has 0 spiro atoms. The summed E-state index contributed by atoms with van der Waals surface area (Å²) in [6, 6.07) is 9.39. The highest BCUT2D eigenvalue weighted by Gasteiger charge is 2.17. The fraction of sp³-hybridized carbons (Fsp3) is 0.200. The average molecular weight is 336 g/mol. The summed E-state index contributed by atoms with van der Waals surface area (Å²) in [7, 11) is -3.80. The summed E-state index contributed by atoms with van der Waals surface area (Å²) >= 11 is 0. The Hall–Kier alpha value is -2.45. The van der Waals surface area contributed by atoms with Crippen molar-refractivity contribution in [3.63, 3.8) is 0 Å². The van der Waals surface area contributed by atoms with Gasteiger partial charge in [-0.3, -0.25) is 9.59 Å². The maximum absolute atomic E-state index is 12.0. The van der Waals surface area contributed by atoms with E-state index in [1.165, 1.54) is 12.1 Å². The van der Waals surface area contributed by atoms with Gasteiger partial charge in [0.05, 0.1) is 10.6 Å². The Morgan fingerprint density at radius 2 is 1.87 bits per heavy atom. The highest BCUT2D eigenvalue weighted by Crippen LogP contribution is 2.09. The number of esters is 1. The summed E-state index contributed by atoms with van der Waals surface area (Å²) in [6.07, 6.45) is 1.57. The number of aromatic amines is 1. The minimum absolute atomic E-state index is 0.0540. The van der Waals surface area contributed by atoms with Crippen LogP contribution in [0.4, 0.5) is 0 Å². The predicted octanol–water partition coefficient (Wildman–Crippen LogP) is 1.03.